The standard InChI is InChI=1S/C23H28N2O5/c1-13-5-7-16(8-6-13)19(17-9-10-17)15(3)30-23(28)14(2)25-22(27)20-21(26)18(29-4)11-12-24-20/h5-8,11-12,14-15,17,19,26H,9-10H2,1-4H3,(H,25,27)/t14-,15-,19+/m0/s1. The number of aryl methyl sites for hydroxylation is 1. The third-order valence-corrected chi connectivity index (χ3v) is 5.42. The molecule has 1 aromatic carbocycles. The van der Waals surface area contributed by atoms with Crippen LogP contribution < -0.4 is 10.1 Å². The van der Waals surface area contributed by atoms with E-state index in [-0.39, 0.29) is 29.2 Å². The van der Waals surface area contributed by atoms with Crippen molar-refractivity contribution in [3.8, 4) is 11.5 Å². The zero-order chi connectivity index (χ0) is 21.8. The van der Waals surface area contributed by atoms with E-state index in [1.807, 2.05) is 13.8 Å². The fourth-order valence-corrected chi connectivity index (χ4v) is 3.62. The number of carbonyl (C=O) groups is 2. The highest BCUT2D eigenvalue weighted by Gasteiger charge is 2.38. The van der Waals surface area contributed by atoms with Crippen molar-refractivity contribution in [1.82, 2.24) is 10.3 Å². The molecule has 160 valence electrons. The third kappa shape index (κ3) is 4.90. The van der Waals surface area contributed by atoms with Gasteiger partial charge in [0.1, 0.15) is 12.1 Å². The van der Waals surface area contributed by atoms with E-state index >= 15 is 0 Å². The molecule has 2 aromatic rings. The maximum absolute atomic E-state index is 12.6. The average Bonchev–Trinajstić information content (AvgIpc) is 3.54. The van der Waals surface area contributed by atoms with Crippen LogP contribution in [0.1, 0.15) is 54.2 Å². The maximum atomic E-state index is 12.6. The zero-order valence-corrected chi connectivity index (χ0v) is 17.7. The number of esters is 1. The summed E-state index contributed by atoms with van der Waals surface area (Å²) in [5.41, 5.74) is 2.13. The summed E-state index contributed by atoms with van der Waals surface area (Å²) in [6.45, 7) is 5.48. The second-order valence-corrected chi connectivity index (χ2v) is 7.82. The smallest absolute Gasteiger partial charge is 0.328 e. The highest BCUT2D eigenvalue weighted by atomic mass is 16.5. The number of hydrogen-bond donors (Lipinski definition) is 2. The van der Waals surface area contributed by atoms with E-state index in [4.69, 9.17) is 9.47 Å². The van der Waals surface area contributed by atoms with Crippen LogP contribution in [0.3, 0.4) is 0 Å². The van der Waals surface area contributed by atoms with Crippen LogP contribution in [-0.2, 0) is 9.53 Å². The predicted molar refractivity (Wildman–Crippen MR) is 112 cm³/mol. The van der Waals surface area contributed by atoms with E-state index in [0.717, 1.165) is 18.4 Å². The third-order valence-electron chi connectivity index (χ3n) is 5.42. The first-order chi connectivity index (χ1) is 14.3. The quantitative estimate of drug-likeness (QED) is 0.646. The van der Waals surface area contributed by atoms with Crippen LogP contribution in [0.4, 0.5) is 0 Å². The number of ether oxygens (including phenoxy) is 2. The molecule has 0 aliphatic heterocycles. The molecule has 1 amide bonds. The molecule has 0 bridgehead atoms. The largest absolute Gasteiger partial charge is 0.503 e. The summed E-state index contributed by atoms with van der Waals surface area (Å²) in [5.74, 6) is -0.833. The molecule has 1 aliphatic carbocycles. The molecule has 3 atom stereocenters. The summed E-state index contributed by atoms with van der Waals surface area (Å²) in [6.07, 6.45) is 3.26. The fourth-order valence-electron chi connectivity index (χ4n) is 3.62. The first-order valence-corrected chi connectivity index (χ1v) is 10.1. The number of aromatic hydroxyl groups is 1. The van der Waals surface area contributed by atoms with Gasteiger partial charge in [0.15, 0.2) is 17.2 Å². The number of nitrogens with zero attached hydrogens (tertiary/aromatic N) is 1. The highest BCUT2D eigenvalue weighted by Crippen LogP contribution is 2.45. The molecule has 0 spiro atoms. The van der Waals surface area contributed by atoms with Crippen molar-refractivity contribution in [3.63, 3.8) is 0 Å². The monoisotopic (exact) mass is 412 g/mol. The van der Waals surface area contributed by atoms with Crippen molar-refractivity contribution in [2.24, 2.45) is 5.92 Å². The molecule has 3 rings (SSSR count). The Bertz CT molecular complexity index is 908. The Hall–Kier alpha value is -3.09. The van der Waals surface area contributed by atoms with Crippen LogP contribution in [0.15, 0.2) is 36.5 Å². The topological polar surface area (TPSA) is 97.8 Å². The SMILES string of the molecule is COc1ccnc(C(=O)N[C@@H](C)C(=O)O[C@@H](C)[C@H](c2ccc(C)cc2)C2CC2)c1O. The Morgan fingerprint density at radius 1 is 1.17 bits per heavy atom. The van der Waals surface area contributed by atoms with Gasteiger partial charge in [0.05, 0.1) is 7.11 Å². The minimum atomic E-state index is -0.898. The Morgan fingerprint density at radius 2 is 1.83 bits per heavy atom. The van der Waals surface area contributed by atoms with Crippen molar-refractivity contribution in [3.05, 3.63) is 53.3 Å². The second-order valence-electron chi connectivity index (χ2n) is 7.82. The van der Waals surface area contributed by atoms with E-state index in [9.17, 15) is 14.7 Å². The van der Waals surface area contributed by atoms with Gasteiger partial charge in [-0.1, -0.05) is 29.8 Å². The van der Waals surface area contributed by atoms with Gasteiger partial charge in [-0.15, -0.1) is 0 Å². The summed E-state index contributed by atoms with van der Waals surface area (Å²) in [4.78, 5) is 28.9. The van der Waals surface area contributed by atoms with Crippen molar-refractivity contribution in [2.45, 2.75) is 51.7 Å². The van der Waals surface area contributed by atoms with Gasteiger partial charge in [0.25, 0.3) is 5.91 Å². The van der Waals surface area contributed by atoms with Crippen molar-refractivity contribution in [2.75, 3.05) is 7.11 Å². The number of rotatable bonds is 8. The van der Waals surface area contributed by atoms with Crippen molar-refractivity contribution in [1.29, 1.82) is 0 Å². The zero-order valence-electron chi connectivity index (χ0n) is 17.7. The number of pyridine rings is 1. The molecule has 0 unspecified atom stereocenters. The van der Waals surface area contributed by atoms with Gasteiger partial charge in [-0.3, -0.25) is 4.79 Å². The number of methoxy groups -OCH3 is 1. The van der Waals surface area contributed by atoms with E-state index in [1.54, 1.807) is 6.92 Å². The Labute approximate surface area is 176 Å². The lowest BCUT2D eigenvalue weighted by Gasteiger charge is -2.26. The van der Waals surface area contributed by atoms with Gasteiger partial charge >= 0.3 is 5.97 Å². The first kappa shape index (κ1) is 21.6. The van der Waals surface area contributed by atoms with Gasteiger partial charge < -0.3 is 19.9 Å². The highest BCUT2D eigenvalue weighted by molar-refractivity contribution is 5.97. The van der Waals surface area contributed by atoms with Gasteiger partial charge in [-0.2, -0.15) is 0 Å². The number of nitrogens with one attached hydrogen (secondary N) is 1. The molecule has 7 nitrogen and oxygen atoms in total. The Morgan fingerprint density at radius 3 is 2.43 bits per heavy atom. The van der Waals surface area contributed by atoms with Gasteiger partial charge in [-0.05, 0) is 45.1 Å². The lowest BCUT2D eigenvalue weighted by atomic mass is 9.89. The molecular formula is C23H28N2O5. The summed E-state index contributed by atoms with van der Waals surface area (Å²) in [6, 6.07) is 8.85. The van der Waals surface area contributed by atoms with Gasteiger partial charge in [0.2, 0.25) is 0 Å². The summed E-state index contributed by atoms with van der Waals surface area (Å²) in [7, 11) is 1.38. The molecule has 1 aromatic heterocycles. The van der Waals surface area contributed by atoms with Crippen LogP contribution in [0.25, 0.3) is 0 Å². The van der Waals surface area contributed by atoms with Crippen molar-refractivity contribution < 1.29 is 24.2 Å². The molecule has 1 aliphatic rings. The molecule has 1 heterocycles. The van der Waals surface area contributed by atoms with E-state index < -0.39 is 17.9 Å². The second kappa shape index (κ2) is 9.15. The molecule has 30 heavy (non-hydrogen) atoms. The summed E-state index contributed by atoms with van der Waals surface area (Å²) < 4.78 is 10.7. The lowest BCUT2D eigenvalue weighted by molar-refractivity contribution is -0.151. The fraction of sp³-hybridized carbons (Fsp3) is 0.435. The van der Waals surface area contributed by atoms with Gasteiger partial charge in [-0.25, -0.2) is 9.78 Å². The van der Waals surface area contributed by atoms with Crippen LogP contribution in [0.5, 0.6) is 11.5 Å². The molecule has 2 N–H and O–H groups in total. The van der Waals surface area contributed by atoms with Gasteiger partial charge in [0, 0.05) is 18.2 Å². The average molecular weight is 412 g/mol. The Kier molecular flexibility index (Phi) is 6.59. The maximum Gasteiger partial charge on any atom is 0.328 e. The number of aromatic nitrogens is 1. The number of hydrogen-bond acceptors (Lipinski definition) is 6. The molecule has 7 heteroatoms. The molecular weight excluding hydrogens is 384 g/mol. The normalized spacial score (nSPS) is 16.3. The van der Waals surface area contributed by atoms with Crippen LogP contribution >= 0.6 is 0 Å². The summed E-state index contributed by atoms with van der Waals surface area (Å²) in [5, 5.41) is 12.6. The number of carbonyl (C=O) groups excluding carboxylic acids is 2. The molecule has 1 saturated carbocycles. The van der Waals surface area contributed by atoms with E-state index in [2.05, 4.69) is 34.6 Å². The molecule has 0 saturated heterocycles. The van der Waals surface area contributed by atoms with Crippen LogP contribution in [-0.4, -0.2) is 41.2 Å². The molecule has 0 radical (unpaired) electrons. The van der Waals surface area contributed by atoms with E-state index in [1.165, 1.54) is 24.9 Å². The molecule has 1 fully saturated rings. The number of benzene rings is 1. The number of amides is 1. The lowest BCUT2D eigenvalue weighted by Crippen LogP contribution is -2.41. The van der Waals surface area contributed by atoms with Crippen molar-refractivity contribution >= 4 is 11.9 Å². The summed E-state index contributed by atoms with van der Waals surface area (Å²) >= 11 is 0. The van der Waals surface area contributed by atoms with Crippen LogP contribution in [0.2, 0.25) is 0 Å². The minimum Gasteiger partial charge on any atom is -0.503 e. The van der Waals surface area contributed by atoms with E-state index in [0.29, 0.717) is 5.92 Å². The predicted octanol–water partition coefficient (Wildman–Crippen LogP) is 3.35. The first-order valence-electron chi connectivity index (χ1n) is 10.1. The minimum absolute atomic E-state index is 0.126. The Balaban J connectivity index is 1.64. The van der Waals surface area contributed by atoms with Crippen LogP contribution in [0, 0.1) is 12.8 Å².